The first-order valence-electron chi connectivity index (χ1n) is 6.73. The number of hydrogen-bond donors (Lipinski definition) is 2. The van der Waals surface area contributed by atoms with E-state index in [1.165, 1.54) is 6.07 Å². The molecule has 0 radical (unpaired) electrons. The molecule has 0 saturated heterocycles. The number of allylic oxidation sites excluding steroid dienone is 1. The summed E-state index contributed by atoms with van der Waals surface area (Å²) >= 11 is 3.35. The second-order valence-electron chi connectivity index (χ2n) is 5.16. The largest absolute Gasteiger partial charge is 0.440 e. The number of halogens is 1. The second kappa shape index (κ2) is 5.48. The summed E-state index contributed by atoms with van der Waals surface area (Å²) in [5.41, 5.74) is 6.57. The summed E-state index contributed by atoms with van der Waals surface area (Å²) < 4.78 is 6.84. The van der Waals surface area contributed by atoms with Crippen molar-refractivity contribution in [3.8, 4) is 11.8 Å². The van der Waals surface area contributed by atoms with Gasteiger partial charge >= 0.3 is 0 Å². The highest BCUT2D eigenvalue weighted by Gasteiger charge is 2.34. The summed E-state index contributed by atoms with van der Waals surface area (Å²) in [7, 11) is 0. The minimum Gasteiger partial charge on any atom is -0.440 e. The zero-order valence-electron chi connectivity index (χ0n) is 12.1. The Morgan fingerprint density at radius 3 is 2.65 bits per heavy atom. The van der Waals surface area contributed by atoms with Gasteiger partial charge in [-0.15, -0.1) is 0 Å². The topological polar surface area (TPSA) is 101 Å². The summed E-state index contributed by atoms with van der Waals surface area (Å²) in [6.07, 6.45) is 0. The van der Waals surface area contributed by atoms with Crippen LogP contribution in [0.3, 0.4) is 0 Å². The molecule has 1 unspecified atom stereocenters. The molecular formula is C16H12BrN3O3. The van der Waals surface area contributed by atoms with Gasteiger partial charge in [0, 0.05) is 10.5 Å². The van der Waals surface area contributed by atoms with Gasteiger partial charge in [0.2, 0.25) is 5.88 Å². The molecule has 23 heavy (non-hydrogen) atoms. The van der Waals surface area contributed by atoms with E-state index in [4.69, 9.17) is 10.5 Å². The van der Waals surface area contributed by atoms with Gasteiger partial charge in [0.15, 0.2) is 0 Å². The van der Waals surface area contributed by atoms with E-state index in [0.29, 0.717) is 16.0 Å². The molecule has 7 heteroatoms. The molecule has 2 aromatic rings. The standard InChI is InChI=1S/C16H12BrN3O3/c1-8-6-12-14(16(21)20(8)22)13(11(7-18)15(19)23-12)9-2-4-10(17)5-3-9/h2-6,13,22H,19H2,1H3. The molecule has 2 heterocycles. The first-order chi connectivity index (χ1) is 10.9. The van der Waals surface area contributed by atoms with Gasteiger partial charge < -0.3 is 15.7 Å². The molecule has 1 aromatic carbocycles. The number of aryl methyl sites for hydroxylation is 1. The van der Waals surface area contributed by atoms with Crippen LogP contribution in [0.15, 0.2) is 51.1 Å². The van der Waals surface area contributed by atoms with Crippen molar-refractivity contribution in [2.75, 3.05) is 0 Å². The first kappa shape index (κ1) is 15.2. The molecule has 0 amide bonds. The lowest BCUT2D eigenvalue weighted by Gasteiger charge is -2.26. The summed E-state index contributed by atoms with van der Waals surface area (Å²) in [6, 6.07) is 10.7. The van der Waals surface area contributed by atoms with E-state index in [1.807, 2.05) is 6.07 Å². The highest BCUT2D eigenvalue weighted by atomic mass is 79.9. The maximum atomic E-state index is 12.5. The van der Waals surface area contributed by atoms with E-state index in [0.717, 1.165) is 4.47 Å². The van der Waals surface area contributed by atoms with Crippen LogP contribution in [0.5, 0.6) is 5.75 Å². The van der Waals surface area contributed by atoms with Gasteiger partial charge in [0.05, 0.1) is 17.2 Å². The predicted octanol–water partition coefficient (Wildman–Crippen LogP) is 2.37. The minimum absolute atomic E-state index is 0.0394. The molecule has 1 atom stereocenters. The van der Waals surface area contributed by atoms with Crippen LogP contribution in [0.25, 0.3) is 0 Å². The number of benzene rings is 1. The molecule has 1 aliphatic rings. The summed E-state index contributed by atoms with van der Waals surface area (Å²) in [5, 5.41) is 19.3. The Kier molecular flexibility index (Phi) is 3.62. The number of ether oxygens (including phenoxy) is 1. The van der Waals surface area contributed by atoms with Gasteiger partial charge in [-0.05, 0) is 24.6 Å². The van der Waals surface area contributed by atoms with Crippen molar-refractivity contribution in [3.05, 3.63) is 73.4 Å². The van der Waals surface area contributed by atoms with E-state index in [9.17, 15) is 15.3 Å². The maximum absolute atomic E-state index is 12.5. The molecule has 1 aliphatic heterocycles. The Labute approximate surface area is 140 Å². The van der Waals surface area contributed by atoms with Crippen LogP contribution in [-0.2, 0) is 0 Å². The quantitative estimate of drug-likeness (QED) is 0.747. The van der Waals surface area contributed by atoms with Gasteiger partial charge in [0.1, 0.15) is 17.4 Å². The normalized spacial score (nSPS) is 16.5. The fourth-order valence-corrected chi connectivity index (χ4v) is 2.89. The van der Waals surface area contributed by atoms with Gasteiger partial charge in [0.25, 0.3) is 5.56 Å². The van der Waals surface area contributed by atoms with Crippen LogP contribution in [0.1, 0.15) is 22.7 Å². The van der Waals surface area contributed by atoms with E-state index in [2.05, 4.69) is 15.9 Å². The molecule has 0 spiro atoms. The highest BCUT2D eigenvalue weighted by Crippen LogP contribution is 2.40. The third-order valence-electron chi connectivity index (χ3n) is 3.75. The van der Waals surface area contributed by atoms with Crippen molar-refractivity contribution >= 4 is 15.9 Å². The van der Waals surface area contributed by atoms with Crippen molar-refractivity contribution in [1.29, 1.82) is 5.26 Å². The maximum Gasteiger partial charge on any atom is 0.291 e. The Bertz CT molecular complexity index is 923. The monoisotopic (exact) mass is 373 g/mol. The average Bonchev–Trinajstić information content (AvgIpc) is 2.52. The Hall–Kier alpha value is -2.72. The van der Waals surface area contributed by atoms with Crippen molar-refractivity contribution < 1.29 is 9.94 Å². The lowest BCUT2D eigenvalue weighted by atomic mass is 9.84. The third-order valence-corrected chi connectivity index (χ3v) is 4.28. The summed E-state index contributed by atoms with van der Waals surface area (Å²) in [4.78, 5) is 12.5. The van der Waals surface area contributed by atoms with E-state index >= 15 is 0 Å². The third kappa shape index (κ3) is 2.37. The van der Waals surface area contributed by atoms with Crippen LogP contribution >= 0.6 is 15.9 Å². The van der Waals surface area contributed by atoms with Crippen LogP contribution in [-0.4, -0.2) is 9.94 Å². The van der Waals surface area contributed by atoms with Gasteiger partial charge in [-0.2, -0.15) is 9.99 Å². The Morgan fingerprint density at radius 2 is 2.04 bits per heavy atom. The second-order valence-corrected chi connectivity index (χ2v) is 6.07. The molecule has 1 aromatic heterocycles. The highest BCUT2D eigenvalue weighted by molar-refractivity contribution is 9.10. The van der Waals surface area contributed by atoms with Crippen LogP contribution in [0.2, 0.25) is 0 Å². The minimum atomic E-state index is -0.691. The molecule has 0 saturated carbocycles. The number of pyridine rings is 1. The number of hydrogen-bond acceptors (Lipinski definition) is 5. The molecule has 3 rings (SSSR count). The van der Waals surface area contributed by atoms with Crippen molar-refractivity contribution in [2.45, 2.75) is 12.8 Å². The lowest BCUT2D eigenvalue weighted by Crippen LogP contribution is -2.31. The smallest absolute Gasteiger partial charge is 0.291 e. The van der Waals surface area contributed by atoms with Gasteiger partial charge in [-0.3, -0.25) is 4.79 Å². The number of fused-ring (bicyclic) bond motifs is 1. The van der Waals surface area contributed by atoms with Crippen molar-refractivity contribution in [3.63, 3.8) is 0 Å². The Balaban J connectivity index is 2.33. The lowest BCUT2D eigenvalue weighted by molar-refractivity contribution is 0.165. The molecule has 0 bridgehead atoms. The molecular weight excluding hydrogens is 362 g/mol. The number of rotatable bonds is 1. The fourth-order valence-electron chi connectivity index (χ4n) is 2.63. The summed E-state index contributed by atoms with van der Waals surface area (Å²) in [6.45, 7) is 1.57. The van der Waals surface area contributed by atoms with E-state index in [-0.39, 0.29) is 22.8 Å². The van der Waals surface area contributed by atoms with Crippen LogP contribution in [0.4, 0.5) is 0 Å². The van der Waals surface area contributed by atoms with E-state index < -0.39 is 11.5 Å². The molecule has 0 aliphatic carbocycles. The van der Waals surface area contributed by atoms with Crippen molar-refractivity contribution in [2.24, 2.45) is 5.73 Å². The van der Waals surface area contributed by atoms with Crippen LogP contribution in [0, 0.1) is 18.3 Å². The average molecular weight is 374 g/mol. The number of aromatic nitrogens is 1. The Morgan fingerprint density at radius 1 is 1.39 bits per heavy atom. The molecule has 3 N–H and O–H groups in total. The van der Waals surface area contributed by atoms with Gasteiger partial charge in [-0.25, -0.2) is 0 Å². The number of nitrogens with two attached hydrogens (primary N) is 1. The zero-order valence-corrected chi connectivity index (χ0v) is 13.7. The number of nitriles is 1. The van der Waals surface area contributed by atoms with E-state index in [1.54, 1.807) is 31.2 Å². The molecule has 6 nitrogen and oxygen atoms in total. The first-order valence-corrected chi connectivity index (χ1v) is 7.52. The fraction of sp³-hybridized carbons (Fsp3) is 0.125. The summed E-state index contributed by atoms with van der Waals surface area (Å²) in [5.74, 6) is -0.479. The van der Waals surface area contributed by atoms with Crippen LogP contribution < -0.4 is 16.0 Å². The van der Waals surface area contributed by atoms with Crippen molar-refractivity contribution in [1.82, 2.24) is 4.73 Å². The predicted molar refractivity (Wildman–Crippen MR) is 86.1 cm³/mol. The zero-order chi connectivity index (χ0) is 16.7. The van der Waals surface area contributed by atoms with Gasteiger partial charge in [-0.1, -0.05) is 28.1 Å². The number of nitrogens with zero attached hydrogens (tertiary/aromatic N) is 2. The SMILES string of the molecule is Cc1cc2c(c(=O)n1O)C(c1ccc(Br)cc1)C(C#N)=C(N)O2. The molecule has 0 fully saturated rings. The molecule has 116 valence electrons.